The number of rotatable bonds is 8. The van der Waals surface area contributed by atoms with E-state index < -0.39 is 0 Å². The van der Waals surface area contributed by atoms with Crippen molar-refractivity contribution in [3.63, 3.8) is 0 Å². The highest BCUT2D eigenvalue weighted by molar-refractivity contribution is 7.10. The first-order chi connectivity index (χ1) is 13.2. The topological polar surface area (TPSA) is 54.9 Å². The average Bonchev–Trinajstić information content (AvgIpc) is 3.19. The van der Waals surface area contributed by atoms with Crippen LogP contribution in [0.2, 0.25) is 0 Å². The number of amides is 1. The van der Waals surface area contributed by atoms with E-state index in [2.05, 4.69) is 53.3 Å². The van der Waals surface area contributed by atoms with Gasteiger partial charge >= 0.3 is 0 Å². The summed E-state index contributed by atoms with van der Waals surface area (Å²) < 4.78 is 5.58. The minimum absolute atomic E-state index is 0.0455. The van der Waals surface area contributed by atoms with E-state index in [1.165, 1.54) is 16.0 Å². The van der Waals surface area contributed by atoms with E-state index in [0.717, 1.165) is 0 Å². The van der Waals surface area contributed by atoms with Gasteiger partial charge in [-0.3, -0.25) is 4.79 Å². The molecule has 3 aromatic rings. The van der Waals surface area contributed by atoms with Crippen LogP contribution in [0.15, 0.2) is 66.0 Å². The summed E-state index contributed by atoms with van der Waals surface area (Å²) >= 11 is 1.71. The molecule has 0 bridgehead atoms. The molecule has 1 aromatic heterocycles. The number of thiophene rings is 1. The molecular weight excluding hydrogens is 356 g/mol. The first-order valence-corrected chi connectivity index (χ1v) is 10.0. The van der Waals surface area contributed by atoms with Crippen molar-refractivity contribution in [1.29, 1.82) is 0 Å². The Balaban J connectivity index is 1.69. The van der Waals surface area contributed by atoms with Gasteiger partial charge in [-0.2, -0.15) is 0 Å². The number of para-hydroxylation sites is 2. The lowest BCUT2D eigenvalue weighted by atomic mass is 10.0. The van der Waals surface area contributed by atoms with Gasteiger partial charge in [-0.15, -0.1) is 11.3 Å². The van der Waals surface area contributed by atoms with Crippen LogP contribution >= 0.6 is 11.3 Å². The van der Waals surface area contributed by atoms with Crippen molar-refractivity contribution in [3.05, 3.63) is 82.0 Å². The first kappa shape index (κ1) is 19.1. The van der Waals surface area contributed by atoms with Crippen LogP contribution in [0.25, 0.3) is 0 Å². The normalized spacial score (nSPS) is 11.8. The molecule has 140 valence electrons. The van der Waals surface area contributed by atoms with Crippen LogP contribution in [0, 0.1) is 6.92 Å². The Kier molecular flexibility index (Phi) is 6.63. The Hall–Kier alpha value is -2.63. The largest absolute Gasteiger partial charge is 0.492 e. The summed E-state index contributed by atoms with van der Waals surface area (Å²) in [5, 5.41) is 7.12. The van der Waals surface area contributed by atoms with E-state index in [-0.39, 0.29) is 11.9 Å². The highest BCUT2D eigenvalue weighted by Gasteiger charge is 2.20. The molecule has 1 amide bonds. The van der Waals surface area contributed by atoms with Gasteiger partial charge in [-0.25, -0.2) is 0 Å². The number of carbonyl (C=O) groups is 1. The molecule has 5 heteroatoms. The van der Waals surface area contributed by atoms with Gasteiger partial charge in [0.05, 0.1) is 17.2 Å². The Morgan fingerprint density at radius 1 is 1.11 bits per heavy atom. The number of ether oxygens (including phenoxy) is 1. The van der Waals surface area contributed by atoms with E-state index in [1.807, 2.05) is 37.3 Å². The molecule has 0 aliphatic heterocycles. The monoisotopic (exact) mass is 381 g/mol. The number of benzene rings is 2. The molecule has 0 spiro atoms. The summed E-state index contributed by atoms with van der Waals surface area (Å²) in [5.41, 5.74) is 3.14. The molecular formula is C22H25N2O2S+. The number of hydrogen-bond donors (Lipinski definition) is 2. The second-order valence-electron chi connectivity index (χ2n) is 6.32. The van der Waals surface area contributed by atoms with Gasteiger partial charge in [-0.05, 0) is 37.4 Å². The molecule has 0 radical (unpaired) electrons. The third-order valence-electron chi connectivity index (χ3n) is 4.29. The predicted octanol–water partition coefficient (Wildman–Crippen LogP) is 3.75. The number of carbonyl (C=O) groups excluding carboxylic acids is 1. The zero-order chi connectivity index (χ0) is 19.1. The second kappa shape index (κ2) is 9.35. The molecule has 3 rings (SSSR count). The van der Waals surface area contributed by atoms with Crippen molar-refractivity contribution in [2.75, 3.05) is 18.5 Å². The highest BCUT2D eigenvalue weighted by atomic mass is 32.1. The number of nitrogens with one attached hydrogen (secondary N) is 1. The third-order valence-corrected chi connectivity index (χ3v) is 5.24. The van der Waals surface area contributed by atoms with E-state index >= 15 is 0 Å². The number of quaternary nitrogens is 1. The predicted molar refractivity (Wildman–Crippen MR) is 110 cm³/mol. The van der Waals surface area contributed by atoms with Crippen molar-refractivity contribution in [1.82, 2.24) is 0 Å². The van der Waals surface area contributed by atoms with Gasteiger partial charge in [-0.1, -0.05) is 48.0 Å². The highest BCUT2D eigenvalue weighted by Crippen LogP contribution is 2.24. The number of nitrogens with two attached hydrogens (primary N) is 1. The SMILES string of the molecule is CCOc1ccccc1NC(=O)C[NH2+][C@H](c1ccc(C)cc1)c1cccs1. The fraction of sp³-hybridized carbons (Fsp3) is 0.227. The average molecular weight is 382 g/mol. The Labute approximate surface area is 164 Å². The van der Waals surface area contributed by atoms with Gasteiger partial charge < -0.3 is 15.4 Å². The second-order valence-corrected chi connectivity index (χ2v) is 7.30. The maximum absolute atomic E-state index is 12.5. The number of aryl methyl sites for hydroxylation is 1. The lowest BCUT2D eigenvalue weighted by Crippen LogP contribution is -2.87. The van der Waals surface area contributed by atoms with Gasteiger partial charge in [0.15, 0.2) is 6.54 Å². The van der Waals surface area contributed by atoms with Gasteiger partial charge in [0.25, 0.3) is 5.91 Å². The standard InChI is InChI=1S/C22H24N2O2S/c1-3-26-19-8-5-4-7-18(19)24-21(25)15-23-22(20-9-6-14-27-20)17-12-10-16(2)11-13-17/h4-14,22-23H,3,15H2,1-2H3,(H,24,25)/p+1/t22-/m1/s1. The smallest absolute Gasteiger partial charge is 0.279 e. The minimum atomic E-state index is -0.0455. The van der Waals surface area contributed by atoms with E-state index in [1.54, 1.807) is 11.3 Å². The van der Waals surface area contributed by atoms with Crippen molar-refractivity contribution < 1.29 is 14.8 Å². The van der Waals surface area contributed by atoms with Crippen LogP contribution in [-0.4, -0.2) is 19.1 Å². The molecule has 3 N–H and O–H groups in total. The third kappa shape index (κ3) is 5.18. The summed E-state index contributed by atoms with van der Waals surface area (Å²) in [4.78, 5) is 13.8. The summed E-state index contributed by atoms with van der Waals surface area (Å²) in [7, 11) is 0. The molecule has 4 nitrogen and oxygen atoms in total. The van der Waals surface area contributed by atoms with Crippen molar-refractivity contribution in [2.24, 2.45) is 0 Å². The molecule has 1 atom stereocenters. The first-order valence-electron chi connectivity index (χ1n) is 9.12. The Morgan fingerprint density at radius 3 is 2.59 bits per heavy atom. The molecule has 0 aliphatic rings. The maximum Gasteiger partial charge on any atom is 0.279 e. The molecule has 2 aromatic carbocycles. The molecule has 0 fully saturated rings. The maximum atomic E-state index is 12.5. The van der Waals surface area contributed by atoms with E-state index in [0.29, 0.717) is 24.6 Å². The molecule has 0 saturated carbocycles. The van der Waals surface area contributed by atoms with Crippen molar-refractivity contribution in [2.45, 2.75) is 19.9 Å². The van der Waals surface area contributed by atoms with Crippen molar-refractivity contribution >= 4 is 22.9 Å². The minimum Gasteiger partial charge on any atom is -0.492 e. The summed E-state index contributed by atoms with van der Waals surface area (Å²) in [6.07, 6.45) is 0. The Morgan fingerprint density at radius 2 is 1.89 bits per heavy atom. The van der Waals surface area contributed by atoms with Gasteiger partial charge in [0.1, 0.15) is 11.8 Å². The number of hydrogen-bond acceptors (Lipinski definition) is 3. The van der Waals surface area contributed by atoms with Crippen LogP contribution in [0.3, 0.4) is 0 Å². The quantitative estimate of drug-likeness (QED) is 0.624. The lowest BCUT2D eigenvalue weighted by molar-refractivity contribution is -0.675. The van der Waals surface area contributed by atoms with Gasteiger partial charge in [0.2, 0.25) is 0 Å². The lowest BCUT2D eigenvalue weighted by Gasteiger charge is -2.16. The van der Waals surface area contributed by atoms with E-state index in [4.69, 9.17) is 4.74 Å². The van der Waals surface area contributed by atoms with Gasteiger partial charge in [0, 0.05) is 5.56 Å². The van der Waals surface area contributed by atoms with E-state index in [9.17, 15) is 4.79 Å². The van der Waals surface area contributed by atoms with Crippen LogP contribution < -0.4 is 15.4 Å². The fourth-order valence-corrected chi connectivity index (χ4v) is 3.79. The zero-order valence-corrected chi connectivity index (χ0v) is 16.5. The molecule has 27 heavy (non-hydrogen) atoms. The van der Waals surface area contributed by atoms with Crippen LogP contribution in [0.1, 0.15) is 29.0 Å². The fourth-order valence-electron chi connectivity index (χ4n) is 2.94. The molecule has 0 aliphatic carbocycles. The van der Waals surface area contributed by atoms with Crippen LogP contribution in [-0.2, 0) is 4.79 Å². The molecule has 1 heterocycles. The Bertz CT molecular complexity index is 860. The number of anilines is 1. The van der Waals surface area contributed by atoms with Crippen molar-refractivity contribution in [3.8, 4) is 5.75 Å². The van der Waals surface area contributed by atoms with Crippen LogP contribution in [0.5, 0.6) is 5.75 Å². The molecule has 0 unspecified atom stereocenters. The molecule has 0 saturated heterocycles. The summed E-state index contributed by atoms with van der Waals surface area (Å²) in [6.45, 7) is 4.90. The zero-order valence-electron chi connectivity index (χ0n) is 15.6. The van der Waals surface area contributed by atoms with Crippen LogP contribution in [0.4, 0.5) is 5.69 Å². The summed E-state index contributed by atoms with van der Waals surface area (Å²) in [5.74, 6) is 0.650. The summed E-state index contributed by atoms with van der Waals surface area (Å²) in [6, 6.07) is 20.3.